The van der Waals surface area contributed by atoms with E-state index in [-0.39, 0.29) is 11.8 Å². The number of hydrogen-bond donors (Lipinski definition) is 0. The fourth-order valence-corrected chi connectivity index (χ4v) is 7.83. The SMILES string of the molecule is Brc1ccc(-c2ccc3oc4ccc(-c5ccccc5)cc4c3c2)c2c1C1c3ccccc3C2c2ccccc21. The van der Waals surface area contributed by atoms with Crippen LogP contribution in [-0.2, 0) is 0 Å². The van der Waals surface area contributed by atoms with Crippen LogP contribution < -0.4 is 0 Å². The summed E-state index contributed by atoms with van der Waals surface area (Å²) in [5, 5.41) is 2.31. The number of rotatable bonds is 2. The Kier molecular flexibility index (Phi) is 4.65. The molecule has 10 rings (SSSR count). The van der Waals surface area contributed by atoms with Gasteiger partial charge in [0.1, 0.15) is 11.2 Å². The highest BCUT2D eigenvalue weighted by molar-refractivity contribution is 9.10. The monoisotopic (exact) mass is 574 g/mol. The van der Waals surface area contributed by atoms with Gasteiger partial charge in [-0.1, -0.05) is 113 Å². The number of furan rings is 1. The minimum Gasteiger partial charge on any atom is -0.456 e. The van der Waals surface area contributed by atoms with Gasteiger partial charge in [-0.3, -0.25) is 0 Å². The second kappa shape index (κ2) is 8.30. The van der Waals surface area contributed by atoms with Crippen molar-refractivity contribution in [1.82, 2.24) is 0 Å². The predicted octanol–water partition coefficient (Wildman–Crippen LogP) is 10.7. The van der Waals surface area contributed by atoms with Gasteiger partial charge in [-0.25, -0.2) is 0 Å². The molecule has 40 heavy (non-hydrogen) atoms. The summed E-state index contributed by atoms with van der Waals surface area (Å²) in [6.07, 6.45) is 0. The van der Waals surface area contributed by atoms with Gasteiger partial charge in [0.25, 0.3) is 0 Å². The van der Waals surface area contributed by atoms with Crippen LogP contribution in [-0.4, -0.2) is 0 Å². The first-order valence-electron chi connectivity index (χ1n) is 13.8. The number of fused-ring (bicyclic) bond motifs is 3. The van der Waals surface area contributed by atoms with Crippen LogP contribution in [0.5, 0.6) is 0 Å². The topological polar surface area (TPSA) is 13.1 Å². The first-order chi connectivity index (χ1) is 19.8. The molecule has 3 aliphatic carbocycles. The molecular formula is C38H23BrO. The molecule has 2 bridgehead atoms. The zero-order valence-corrected chi connectivity index (χ0v) is 23.2. The first kappa shape index (κ1) is 22.4. The fraction of sp³-hybridized carbons (Fsp3) is 0.0526. The van der Waals surface area contributed by atoms with Crippen LogP contribution in [0.25, 0.3) is 44.2 Å². The van der Waals surface area contributed by atoms with Crippen molar-refractivity contribution in [2.75, 3.05) is 0 Å². The fourth-order valence-electron chi connectivity index (χ4n) is 7.25. The van der Waals surface area contributed by atoms with Crippen molar-refractivity contribution < 1.29 is 4.42 Å². The second-order valence-corrected chi connectivity index (χ2v) is 11.8. The molecule has 0 amide bonds. The first-order valence-corrected chi connectivity index (χ1v) is 14.6. The minimum atomic E-state index is 0.210. The molecule has 0 atom stereocenters. The maximum atomic E-state index is 6.30. The van der Waals surface area contributed by atoms with Gasteiger partial charge in [0.2, 0.25) is 0 Å². The molecule has 0 saturated carbocycles. The standard InChI is InChI=1S/C38H23BrO/c39-32-17-16-25(37-35-26-10-4-6-12-28(26)36(38(32)37)29-13-7-5-11-27(29)35)24-15-19-34-31(21-24)30-20-23(14-18-33(30)40-34)22-8-2-1-3-9-22/h1-21,35-36H. The zero-order valence-electron chi connectivity index (χ0n) is 21.6. The third-order valence-electron chi connectivity index (χ3n) is 8.93. The van der Waals surface area contributed by atoms with Gasteiger partial charge in [-0.2, -0.15) is 0 Å². The van der Waals surface area contributed by atoms with E-state index in [2.05, 4.69) is 143 Å². The van der Waals surface area contributed by atoms with Crippen molar-refractivity contribution in [3.8, 4) is 22.3 Å². The Morgan fingerprint density at radius 2 is 0.975 bits per heavy atom. The van der Waals surface area contributed by atoms with E-state index in [1.807, 2.05) is 0 Å². The molecule has 1 nitrogen and oxygen atoms in total. The van der Waals surface area contributed by atoms with Crippen LogP contribution in [0.15, 0.2) is 136 Å². The lowest BCUT2D eigenvalue weighted by molar-refractivity contribution is 0.669. The smallest absolute Gasteiger partial charge is 0.135 e. The molecule has 0 saturated heterocycles. The summed E-state index contributed by atoms with van der Waals surface area (Å²) in [7, 11) is 0. The molecule has 0 N–H and O–H groups in total. The highest BCUT2D eigenvalue weighted by Gasteiger charge is 2.43. The van der Waals surface area contributed by atoms with Crippen LogP contribution in [0, 0.1) is 0 Å². The Hall–Kier alpha value is -4.40. The molecule has 7 aromatic rings. The molecule has 0 aliphatic heterocycles. The van der Waals surface area contributed by atoms with Gasteiger partial charge in [0, 0.05) is 27.1 Å². The largest absolute Gasteiger partial charge is 0.456 e. The third-order valence-corrected chi connectivity index (χ3v) is 9.63. The van der Waals surface area contributed by atoms with Crippen LogP contribution in [0.2, 0.25) is 0 Å². The van der Waals surface area contributed by atoms with Gasteiger partial charge in [0.05, 0.1) is 0 Å². The summed E-state index contributed by atoms with van der Waals surface area (Å²) >= 11 is 3.98. The van der Waals surface area contributed by atoms with Crippen molar-refractivity contribution >= 4 is 37.9 Å². The maximum absolute atomic E-state index is 6.30. The summed E-state index contributed by atoms with van der Waals surface area (Å²) in [5.74, 6) is 0.440. The predicted molar refractivity (Wildman–Crippen MR) is 167 cm³/mol. The molecule has 0 fully saturated rings. The lowest BCUT2D eigenvalue weighted by Gasteiger charge is -2.43. The number of hydrogen-bond acceptors (Lipinski definition) is 1. The lowest BCUT2D eigenvalue weighted by Crippen LogP contribution is -2.28. The van der Waals surface area contributed by atoms with Crippen LogP contribution in [0.4, 0.5) is 0 Å². The summed E-state index contributed by atoms with van der Waals surface area (Å²) in [6.45, 7) is 0. The van der Waals surface area contributed by atoms with Crippen LogP contribution in [0.3, 0.4) is 0 Å². The molecule has 1 aromatic heterocycles. The Morgan fingerprint density at radius 1 is 0.450 bits per heavy atom. The Bertz CT molecular complexity index is 2090. The molecule has 188 valence electrons. The summed E-state index contributed by atoms with van der Waals surface area (Å²) in [5.41, 5.74) is 15.3. The van der Waals surface area contributed by atoms with E-state index in [0.29, 0.717) is 0 Å². The van der Waals surface area contributed by atoms with Gasteiger partial charge < -0.3 is 4.42 Å². The van der Waals surface area contributed by atoms with Crippen molar-refractivity contribution in [2.24, 2.45) is 0 Å². The van der Waals surface area contributed by atoms with Gasteiger partial charge >= 0.3 is 0 Å². The van der Waals surface area contributed by atoms with E-state index in [1.165, 1.54) is 60.1 Å². The van der Waals surface area contributed by atoms with Crippen molar-refractivity contribution in [3.63, 3.8) is 0 Å². The van der Waals surface area contributed by atoms with Gasteiger partial charge in [-0.05, 0) is 86.0 Å². The summed E-state index contributed by atoms with van der Waals surface area (Å²) in [4.78, 5) is 0. The van der Waals surface area contributed by atoms with E-state index < -0.39 is 0 Å². The molecule has 6 aromatic carbocycles. The third kappa shape index (κ3) is 3.03. The zero-order chi connectivity index (χ0) is 26.4. The summed E-state index contributed by atoms with van der Waals surface area (Å²) in [6, 6.07) is 46.4. The average Bonchev–Trinajstić information content (AvgIpc) is 3.39. The van der Waals surface area contributed by atoms with E-state index in [9.17, 15) is 0 Å². The highest BCUT2D eigenvalue weighted by Crippen LogP contribution is 2.59. The van der Waals surface area contributed by atoms with Crippen molar-refractivity contribution in [1.29, 1.82) is 0 Å². The average molecular weight is 576 g/mol. The molecule has 3 aliphatic rings. The maximum Gasteiger partial charge on any atom is 0.135 e. The molecule has 0 unspecified atom stereocenters. The minimum absolute atomic E-state index is 0.210. The van der Waals surface area contributed by atoms with E-state index in [4.69, 9.17) is 4.42 Å². The van der Waals surface area contributed by atoms with Gasteiger partial charge in [0.15, 0.2) is 0 Å². The Morgan fingerprint density at radius 3 is 1.60 bits per heavy atom. The molecule has 0 spiro atoms. The van der Waals surface area contributed by atoms with Crippen molar-refractivity contribution in [3.05, 3.63) is 165 Å². The summed E-state index contributed by atoms with van der Waals surface area (Å²) < 4.78 is 7.49. The molecule has 2 heteroatoms. The van der Waals surface area contributed by atoms with E-state index >= 15 is 0 Å². The van der Waals surface area contributed by atoms with Crippen LogP contribution >= 0.6 is 15.9 Å². The van der Waals surface area contributed by atoms with Gasteiger partial charge in [-0.15, -0.1) is 0 Å². The van der Waals surface area contributed by atoms with E-state index in [0.717, 1.165) is 21.9 Å². The quantitative estimate of drug-likeness (QED) is 0.200. The highest BCUT2D eigenvalue weighted by atomic mass is 79.9. The normalized spacial score (nSPS) is 16.6. The van der Waals surface area contributed by atoms with Crippen molar-refractivity contribution in [2.45, 2.75) is 11.8 Å². The number of halogens is 1. The molecule has 1 heterocycles. The van der Waals surface area contributed by atoms with Crippen LogP contribution in [0.1, 0.15) is 45.2 Å². The molecular weight excluding hydrogens is 552 g/mol. The van der Waals surface area contributed by atoms with E-state index in [1.54, 1.807) is 0 Å². The lowest BCUT2D eigenvalue weighted by atomic mass is 9.60. The second-order valence-electron chi connectivity index (χ2n) is 10.9. The Balaban J connectivity index is 1.29. The Labute approximate surface area is 240 Å². The number of benzene rings is 6. The molecule has 0 radical (unpaired) electrons.